The van der Waals surface area contributed by atoms with Crippen LogP contribution in [0.3, 0.4) is 0 Å². The van der Waals surface area contributed by atoms with E-state index in [0.29, 0.717) is 11.6 Å². The van der Waals surface area contributed by atoms with Gasteiger partial charge in [-0.15, -0.1) is 0 Å². The van der Waals surface area contributed by atoms with E-state index in [-0.39, 0.29) is 11.9 Å². The van der Waals surface area contributed by atoms with Crippen molar-refractivity contribution in [2.75, 3.05) is 0 Å². The lowest BCUT2D eigenvalue weighted by Crippen LogP contribution is -2.24. The monoisotopic (exact) mass is 391 g/mol. The van der Waals surface area contributed by atoms with Crippen molar-refractivity contribution in [2.45, 2.75) is 39.7 Å². The van der Waals surface area contributed by atoms with Crippen LogP contribution in [0, 0.1) is 6.92 Å². The van der Waals surface area contributed by atoms with Gasteiger partial charge in [0, 0.05) is 24.3 Å². The molecule has 1 aliphatic heterocycles. The molecule has 0 N–H and O–H groups in total. The number of aromatic nitrogens is 1. The zero-order chi connectivity index (χ0) is 19.8. The normalized spacial score (nSPS) is 16.5. The maximum Gasteiger partial charge on any atom is 0.240 e. The summed E-state index contributed by atoms with van der Waals surface area (Å²) in [6.07, 6.45) is 1.61. The number of hydrazone groups is 1. The Balaban J connectivity index is 1.74. The third-order valence-electron chi connectivity index (χ3n) is 5.32. The van der Waals surface area contributed by atoms with Crippen LogP contribution in [-0.2, 0) is 11.2 Å². The van der Waals surface area contributed by atoms with Gasteiger partial charge < -0.3 is 0 Å². The number of hydrogen-bond acceptors (Lipinski definition) is 3. The third-order valence-corrected chi connectivity index (χ3v) is 5.62. The summed E-state index contributed by atoms with van der Waals surface area (Å²) in [6, 6.07) is 16.2. The SMILES string of the molecule is CCc1ccc(C2=NN(C(C)=O)C(c3cc4cccc(C)c4nc3Cl)C2)cc1. The first-order valence-electron chi connectivity index (χ1n) is 9.50. The lowest BCUT2D eigenvalue weighted by atomic mass is 9.97. The molecule has 0 radical (unpaired) electrons. The molecule has 4 nitrogen and oxygen atoms in total. The van der Waals surface area contributed by atoms with Gasteiger partial charge >= 0.3 is 0 Å². The molecule has 1 atom stereocenters. The Morgan fingerprint density at radius 2 is 1.96 bits per heavy atom. The number of nitrogens with zero attached hydrogens (tertiary/aromatic N) is 3. The Hall–Kier alpha value is -2.72. The van der Waals surface area contributed by atoms with Crippen molar-refractivity contribution in [3.8, 4) is 0 Å². The summed E-state index contributed by atoms with van der Waals surface area (Å²) in [4.78, 5) is 16.9. The zero-order valence-electron chi connectivity index (χ0n) is 16.2. The van der Waals surface area contributed by atoms with E-state index < -0.39 is 0 Å². The van der Waals surface area contributed by atoms with E-state index in [1.165, 1.54) is 17.5 Å². The van der Waals surface area contributed by atoms with E-state index >= 15 is 0 Å². The maximum atomic E-state index is 12.3. The molecule has 1 aromatic heterocycles. The van der Waals surface area contributed by atoms with E-state index in [4.69, 9.17) is 11.6 Å². The van der Waals surface area contributed by atoms with E-state index in [0.717, 1.165) is 39.7 Å². The van der Waals surface area contributed by atoms with Crippen molar-refractivity contribution in [3.63, 3.8) is 0 Å². The van der Waals surface area contributed by atoms with Crippen LogP contribution in [-0.4, -0.2) is 21.6 Å². The smallest absolute Gasteiger partial charge is 0.240 e. The molecule has 2 heterocycles. The van der Waals surface area contributed by atoms with Crippen LogP contribution in [0.4, 0.5) is 0 Å². The molecular weight excluding hydrogens is 370 g/mol. The molecule has 1 aliphatic rings. The Bertz CT molecular complexity index is 1090. The van der Waals surface area contributed by atoms with E-state index in [1.54, 1.807) is 0 Å². The lowest BCUT2D eigenvalue weighted by molar-refractivity contribution is -0.130. The van der Waals surface area contributed by atoms with E-state index in [2.05, 4.69) is 41.3 Å². The Kier molecular flexibility index (Phi) is 4.90. The summed E-state index contributed by atoms with van der Waals surface area (Å²) in [7, 11) is 0. The number of hydrogen-bond donors (Lipinski definition) is 0. The molecule has 4 rings (SSSR count). The fourth-order valence-electron chi connectivity index (χ4n) is 3.72. The van der Waals surface area contributed by atoms with Crippen LogP contribution in [0.5, 0.6) is 0 Å². The minimum absolute atomic E-state index is 0.106. The molecule has 0 bridgehead atoms. The molecule has 0 fully saturated rings. The van der Waals surface area contributed by atoms with Gasteiger partial charge in [0.15, 0.2) is 0 Å². The molecule has 0 saturated carbocycles. The molecule has 0 spiro atoms. The second-order valence-electron chi connectivity index (χ2n) is 7.20. The first-order valence-corrected chi connectivity index (χ1v) is 9.88. The number of para-hydroxylation sites is 1. The first-order chi connectivity index (χ1) is 13.5. The van der Waals surface area contributed by atoms with Crippen molar-refractivity contribution in [2.24, 2.45) is 5.10 Å². The number of rotatable bonds is 3. The molecule has 0 aliphatic carbocycles. The molecule has 2 aromatic carbocycles. The average Bonchev–Trinajstić information content (AvgIpc) is 3.14. The molecule has 5 heteroatoms. The predicted molar refractivity (Wildman–Crippen MR) is 114 cm³/mol. The Morgan fingerprint density at radius 1 is 1.21 bits per heavy atom. The Labute approximate surface area is 169 Å². The fourth-order valence-corrected chi connectivity index (χ4v) is 3.99. The second kappa shape index (κ2) is 7.36. The summed E-state index contributed by atoms with van der Waals surface area (Å²) >= 11 is 6.56. The summed E-state index contributed by atoms with van der Waals surface area (Å²) < 4.78 is 0. The molecule has 1 amide bonds. The third kappa shape index (κ3) is 3.29. The number of benzene rings is 2. The van der Waals surface area contributed by atoms with Gasteiger partial charge in [0.1, 0.15) is 5.15 Å². The highest BCUT2D eigenvalue weighted by atomic mass is 35.5. The van der Waals surface area contributed by atoms with Crippen molar-refractivity contribution in [1.82, 2.24) is 9.99 Å². The van der Waals surface area contributed by atoms with Crippen LogP contribution in [0.1, 0.15) is 48.6 Å². The minimum Gasteiger partial charge on any atom is -0.273 e. The number of amides is 1. The Morgan fingerprint density at radius 3 is 2.64 bits per heavy atom. The van der Waals surface area contributed by atoms with Gasteiger partial charge in [-0.1, -0.05) is 61.0 Å². The zero-order valence-corrected chi connectivity index (χ0v) is 17.0. The van der Waals surface area contributed by atoms with E-state index in [9.17, 15) is 4.79 Å². The minimum atomic E-state index is -0.247. The van der Waals surface area contributed by atoms with Crippen molar-refractivity contribution in [1.29, 1.82) is 0 Å². The highest BCUT2D eigenvalue weighted by molar-refractivity contribution is 6.30. The fraction of sp³-hybridized carbons (Fsp3) is 0.261. The number of carbonyl (C=O) groups is 1. The quantitative estimate of drug-likeness (QED) is 0.557. The van der Waals surface area contributed by atoms with Gasteiger partial charge in [-0.3, -0.25) is 4.79 Å². The van der Waals surface area contributed by atoms with Gasteiger partial charge in [0.05, 0.1) is 17.3 Å². The number of fused-ring (bicyclic) bond motifs is 1. The van der Waals surface area contributed by atoms with Crippen LogP contribution in [0.25, 0.3) is 10.9 Å². The summed E-state index contributed by atoms with van der Waals surface area (Å²) in [5.74, 6) is -0.106. The largest absolute Gasteiger partial charge is 0.273 e. The average molecular weight is 392 g/mol. The van der Waals surface area contributed by atoms with Crippen molar-refractivity contribution in [3.05, 3.63) is 75.9 Å². The number of halogens is 1. The number of carbonyl (C=O) groups excluding carboxylic acids is 1. The van der Waals surface area contributed by atoms with Crippen LogP contribution in [0.15, 0.2) is 53.6 Å². The van der Waals surface area contributed by atoms with Gasteiger partial charge in [0.2, 0.25) is 5.91 Å². The summed E-state index contributed by atoms with van der Waals surface area (Å²) in [6.45, 7) is 5.68. The first kappa shape index (κ1) is 18.6. The number of pyridine rings is 1. The molecule has 28 heavy (non-hydrogen) atoms. The molecule has 1 unspecified atom stereocenters. The van der Waals surface area contributed by atoms with Gasteiger partial charge in [-0.25, -0.2) is 9.99 Å². The van der Waals surface area contributed by atoms with Crippen LogP contribution >= 0.6 is 11.6 Å². The summed E-state index contributed by atoms with van der Waals surface area (Å²) in [5, 5.41) is 7.60. The maximum absolute atomic E-state index is 12.3. The topological polar surface area (TPSA) is 45.6 Å². The molecule has 0 saturated heterocycles. The lowest BCUT2D eigenvalue weighted by Gasteiger charge is -2.21. The van der Waals surface area contributed by atoms with Crippen LogP contribution < -0.4 is 0 Å². The second-order valence-corrected chi connectivity index (χ2v) is 7.55. The number of aryl methyl sites for hydroxylation is 2. The van der Waals surface area contributed by atoms with Crippen LogP contribution in [0.2, 0.25) is 5.15 Å². The predicted octanol–water partition coefficient (Wildman–Crippen LogP) is 5.46. The van der Waals surface area contributed by atoms with Crippen molar-refractivity contribution < 1.29 is 4.79 Å². The van der Waals surface area contributed by atoms with Gasteiger partial charge in [0.25, 0.3) is 0 Å². The molecule has 142 valence electrons. The van der Waals surface area contributed by atoms with Gasteiger partial charge in [-0.2, -0.15) is 5.10 Å². The van der Waals surface area contributed by atoms with E-state index in [1.807, 2.05) is 31.2 Å². The summed E-state index contributed by atoms with van der Waals surface area (Å²) in [5.41, 5.74) is 6.00. The van der Waals surface area contributed by atoms with Gasteiger partial charge in [-0.05, 0) is 36.1 Å². The highest BCUT2D eigenvalue weighted by Gasteiger charge is 2.33. The molecular formula is C23H22ClN3O. The standard InChI is InChI=1S/C23H22ClN3O/c1-4-16-8-10-17(11-9-16)20-13-21(27(26-20)15(3)28)19-12-18-7-5-6-14(2)22(18)25-23(19)24/h5-12,21H,4,13H2,1-3H3. The van der Waals surface area contributed by atoms with Crippen molar-refractivity contribution >= 4 is 34.1 Å². The molecule has 3 aromatic rings. The highest BCUT2D eigenvalue weighted by Crippen LogP contribution is 2.37.